The van der Waals surface area contributed by atoms with Crippen LogP contribution in [0.5, 0.6) is 0 Å². The first-order valence-electron chi connectivity index (χ1n) is 9.71. The number of carbonyl (C=O) groups is 1. The number of nitrogens with zero attached hydrogens (tertiary/aromatic N) is 2. The van der Waals surface area contributed by atoms with Crippen LogP contribution in [0.3, 0.4) is 0 Å². The number of aromatic nitrogens is 1. The Morgan fingerprint density at radius 1 is 1.41 bits per heavy atom. The van der Waals surface area contributed by atoms with Gasteiger partial charge in [-0.3, -0.25) is 9.69 Å². The van der Waals surface area contributed by atoms with Gasteiger partial charge in [-0.25, -0.2) is 4.98 Å². The van der Waals surface area contributed by atoms with Crippen LogP contribution in [0.2, 0.25) is 0 Å². The molecule has 0 radical (unpaired) electrons. The fourth-order valence-corrected chi connectivity index (χ4v) is 4.46. The van der Waals surface area contributed by atoms with Gasteiger partial charge in [-0.1, -0.05) is 31.2 Å². The van der Waals surface area contributed by atoms with E-state index in [1.165, 1.54) is 16.9 Å². The Morgan fingerprint density at radius 3 is 3.00 bits per heavy atom. The number of thiazole rings is 1. The average Bonchev–Trinajstić information content (AvgIpc) is 3.01. The lowest BCUT2D eigenvalue weighted by Gasteiger charge is -2.31. The Balaban J connectivity index is 1.57. The topological polar surface area (TPSA) is 54.5 Å². The summed E-state index contributed by atoms with van der Waals surface area (Å²) in [5.74, 6) is -0.0280. The van der Waals surface area contributed by atoms with E-state index in [-0.39, 0.29) is 5.91 Å². The van der Waals surface area contributed by atoms with Crippen LogP contribution in [0.15, 0.2) is 24.3 Å². The summed E-state index contributed by atoms with van der Waals surface area (Å²) < 4.78 is 5.61. The molecule has 1 fully saturated rings. The van der Waals surface area contributed by atoms with Crippen molar-refractivity contribution >= 4 is 17.2 Å². The summed E-state index contributed by atoms with van der Waals surface area (Å²) in [4.78, 5) is 20.2. The molecule has 1 aromatic heterocycles. The van der Waals surface area contributed by atoms with Crippen molar-refractivity contribution in [1.82, 2.24) is 15.2 Å². The van der Waals surface area contributed by atoms with Crippen LogP contribution in [0.4, 0.5) is 0 Å². The number of rotatable bonds is 7. The van der Waals surface area contributed by atoms with Gasteiger partial charge in [0.15, 0.2) is 0 Å². The second-order valence-corrected chi connectivity index (χ2v) is 8.27. The molecule has 27 heavy (non-hydrogen) atoms. The molecule has 1 aromatic carbocycles. The summed E-state index contributed by atoms with van der Waals surface area (Å²) in [7, 11) is 0. The van der Waals surface area contributed by atoms with Crippen LogP contribution < -0.4 is 5.32 Å². The van der Waals surface area contributed by atoms with E-state index >= 15 is 0 Å². The summed E-state index contributed by atoms with van der Waals surface area (Å²) in [5.41, 5.74) is 3.23. The lowest BCUT2D eigenvalue weighted by Crippen LogP contribution is -2.40. The minimum absolute atomic E-state index is 0.0280. The Morgan fingerprint density at radius 2 is 2.22 bits per heavy atom. The van der Waals surface area contributed by atoms with Crippen LogP contribution in [-0.2, 0) is 24.2 Å². The SMILES string of the molecule is CCCc1nc(C)c(C(=O)NCc2cccc(CN3CCOC(C)C3)c2)s1. The number of aryl methyl sites for hydroxylation is 2. The monoisotopic (exact) mass is 387 g/mol. The largest absolute Gasteiger partial charge is 0.376 e. The first kappa shape index (κ1) is 20.0. The fourth-order valence-electron chi connectivity index (χ4n) is 3.38. The zero-order chi connectivity index (χ0) is 19.2. The van der Waals surface area contributed by atoms with Gasteiger partial charge in [-0.15, -0.1) is 11.3 Å². The van der Waals surface area contributed by atoms with E-state index in [2.05, 4.69) is 53.3 Å². The first-order chi connectivity index (χ1) is 13.0. The Hall–Kier alpha value is -1.76. The third-order valence-electron chi connectivity index (χ3n) is 4.69. The molecule has 0 saturated carbocycles. The van der Waals surface area contributed by atoms with Gasteiger partial charge in [0, 0.05) is 26.2 Å². The minimum atomic E-state index is -0.0280. The quantitative estimate of drug-likeness (QED) is 0.789. The molecule has 2 heterocycles. The van der Waals surface area contributed by atoms with Gasteiger partial charge < -0.3 is 10.1 Å². The van der Waals surface area contributed by atoms with Crippen LogP contribution in [0.1, 0.15) is 51.8 Å². The fraction of sp³-hybridized carbons (Fsp3) is 0.524. The third kappa shape index (κ3) is 5.61. The van der Waals surface area contributed by atoms with E-state index in [4.69, 9.17) is 4.74 Å². The van der Waals surface area contributed by atoms with Crippen molar-refractivity contribution in [2.45, 2.75) is 52.8 Å². The van der Waals surface area contributed by atoms with E-state index in [0.717, 1.165) is 60.2 Å². The Kier molecular flexibility index (Phi) is 6.99. The van der Waals surface area contributed by atoms with Crippen molar-refractivity contribution in [1.29, 1.82) is 0 Å². The van der Waals surface area contributed by atoms with Crippen LogP contribution in [-0.4, -0.2) is 41.6 Å². The highest BCUT2D eigenvalue weighted by molar-refractivity contribution is 7.13. The van der Waals surface area contributed by atoms with Gasteiger partial charge in [-0.2, -0.15) is 0 Å². The molecule has 0 bridgehead atoms. The number of carbonyl (C=O) groups excluding carboxylic acids is 1. The summed E-state index contributed by atoms with van der Waals surface area (Å²) >= 11 is 1.51. The predicted molar refractivity (Wildman–Crippen MR) is 109 cm³/mol. The number of nitrogens with one attached hydrogen (secondary N) is 1. The molecule has 1 atom stereocenters. The molecule has 1 N–H and O–H groups in total. The lowest BCUT2D eigenvalue weighted by molar-refractivity contribution is -0.0212. The van der Waals surface area contributed by atoms with Crippen LogP contribution in [0, 0.1) is 6.92 Å². The van der Waals surface area contributed by atoms with Crippen molar-refractivity contribution in [3.05, 3.63) is 51.0 Å². The zero-order valence-corrected chi connectivity index (χ0v) is 17.3. The maximum Gasteiger partial charge on any atom is 0.263 e. The lowest BCUT2D eigenvalue weighted by atomic mass is 10.1. The standard InChI is InChI=1S/C21H29N3O2S/c1-4-6-19-23-16(3)20(27-19)21(25)22-12-17-7-5-8-18(11-17)14-24-9-10-26-15(2)13-24/h5,7-8,11,15H,4,6,9-10,12-14H2,1-3H3,(H,22,25). The van der Waals surface area contributed by atoms with E-state index in [9.17, 15) is 4.79 Å². The number of benzene rings is 1. The molecule has 0 aliphatic carbocycles. The van der Waals surface area contributed by atoms with Gasteiger partial charge in [-0.05, 0) is 37.8 Å². The molecule has 0 spiro atoms. The Bertz CT molecular complexity index is 775. The molecule has 1 aliphatic heterocycles. The minimum Gasteiger partial charge on any atom is -0.376 e. The molecule has 6 heteroatoms. The summed E-state index contributed by atoms with van der Waals surface area (Å²) in [6, 6.07) is 8.46. The van der Waals surface area contributed by atoms with Crippen molar-refractivity contribution in [2.75, 3.05) is 19.7 Å². The first-order valence-corrected chi connectivity index (χ1v) is 10.5. The van der Waals surface area contributed by atoms with E-state index in [1.807, 2.05) is 6.92 Å². The molecular formula is C21H29N3O2S. The summed E-state index contributed by atoms with van der Waals surface area (Å²) in [6.07, 6.45) is 2.27. The highest BCUT2D eigenvalue weighted by Gasteiger charge is 2.17. The van der Waals surface area contributed by atoms with Gasteiger partial charge in [0.05, 0.1) is 23.4 Å². The van der Waals surface area contributed by atoms with Crippen molar-refractivity contribution in [2.24, 2.45) is 0 Å². The maximum atomic E-state index is 12.5. The zero-order valence-electron chi connectivity index (χ0n) is 16.5. The Labute approximate surface area is 165 Å². The smallest absolute Gasteiger partial charge is 0.263 e. The number of morpholine rings is 1. The number of ether oxygens (including phenoxy) is 1. The molecular weight excluding hydrogens is 358 g/mol. The molecule has 3 rings (SSSR count). The molecule has 1 amide bonds. The van der Waals surface area contributed by atoms with Crippen molar-refractivity contribution in [3.8, 4) is 0 Å². The molecule has 146 valence electrons. The second-order valence-electron chi connectivity index (χ2n) is 7.19. The van der Waals surface area contributed by atoms with E-state index in [1.54, 1.807) is 0 Å². The number of hydrogen-bond donors (Lipinski definition) is 1. The second kappa shape index (κ2) is 9.44. The van der Waals surface area contributed by atoms with Crippen molar-refractivity contribution < 1.29 is 9.53 Å². The molecule has 1 saturated heterocycles. The van der Waals surface area contributed by atoms with Crippen molar-refractivity contribution in [3.63, 3.8) is 0 Å². The highest BCUT2D eigenvalue weighted by Crippen LogP contribution is 2.19. The highest BCUT2D eigenvalue weighted by atomic mass is 32.1. The molecule has 2 aromatic rings. The van der Waals surface area contributed by atoms with Gasteiger partial charge in [0.2, 0.25) is 0 Å². The molecule has 5 nitrogen and oxygen atoms in total. The average molecular weight is 388 g/mol. The van der Waals surface area contributed by atoms with E-state index < -0.39 is 0 Å². The third-order valence-corrected chi connectivity index (χ3v) is 5.90. The summed E-state index contributed by atoms with van der Waals surface area (Å²) in [6.45, 7) is 10.3. The molecule has 1 aliphatic rings. The van der Waals surface area contributed by atoms with Crippen LogP contribution >= 0.6 is 11.3 Å². The normalized spacial score (nSPS) is 17.8. The van der Waals surface area contributed by atoms with E-state index in [0.29, 0.717) is 12.6 Å². The number of hydrogen-bond acceptors (Lipinski definition) is 5. The van der Waals surface area contributed by atoms with Gasteiger partial charge in [0.25, 0.3) is 5.91 Å². The van der Waals surface area contributed by atoms with Gasteiger partial charge in [0.1, 0.15) is 4.88 Å². The maximum absolute atomic E-state index is 12.5. The van der Waals surface area contributed by atoms with Gasteiger partial charge >= 0.3 is 0 Å². The number of amides is 1. The molecule has 1 unspecified atom stereocenters. The van der Waals surface area contributed by atoms with Crippen LogP contribution in [0.25, 0.3) is 0 Å². The summed E-state index contributed by atoms with van der Waals surface area (Å²) in [5, 5.41) is 4.09. The predicted octanol–water partition coefficient (Wildman–Crippen LogP) is 3.55.